The van der Waals surface area contributed by atoms with E-state index in [4.69, 9.17) is 0 Å². The van der Waals surface area contributed by atoms with Gasteiger partial charge in [0.05, 0.1) is 5.70 Å². The molecule has 1 nitrogen and oxygen atoms in total. The van der Waals surface area contributed by atoms with E-state index in [1.807, 2.05) is 19.1 Å². The molecule has 3 heteroatoms. The van der Waals surface area contributed by atoms with Crippen LogP contribution in [0, 0.1) is 0 Å². The van der Waals surface area contributed by atoms with E-state index in [2.05, 4.69) is 43.6 Å². The fraction of sp³-hybridized carbons (Fsp3) is 0.286. The molecule has 0 fully saturated rings. The van der Waals surface area contributed by atoms with Gasteiger partial charge in [0, 0.05) is 5.33 Å². The normalized spacial score (nSPS) is 13.5. The van der Waals surface area contributed by atoms with Crippen LogP contribution < -0.4 is 0 Å². The summed E-state index contributed by atoms with van der Waals surface area (Å²) in [4.78, 5) is 3.78. The van der Waals surface area contributed by atoms with E-state index in [9.17, 15) is 0 Å². The van der Waals surface area contributed by atoms with Crippen molar-refractivity contribution in [3.8, 4) is 0 Å². The molecule has 0 aromatic carbocycles. The predicted octanol–water partition coefficient (Wildman–Crippen LogP) is 3.26. The first-order valence-electron chi connectivity index (χ1n) is 2.76. The van der Waals surface area contributed by atoms with E-state index in [0.717, 1.165) is 15.5 Å². The number of nitrogens with zero attached hydrogens (tertiary/aromatic N) is 1. The summed E-state index contributed by atoms with van der Waals surface area (Å²) >= 11 is 6.58. The first kappa shape index (κ1) is 10.1. The molecule has 0 heterocycles. The van der Waals surface area contributed by atoms with Crippen molar-refractivity contribution in [2.45, 2.75) is 6.92 Å². The lowest BCUT2D eigenvalue weighted by Gasteiger charge is -1.89. The van der Waals surface area contributed by atoms with Gasteiger partial charge in [-0.1, -0.05) is 37.9 Å². The van der Waals surface area contributed by atoms with Gasteiger partial charge in [-0.3, -0.25) is 4.99 Å². The van der Waals surface area contributed by atoms with Crippen molar-refractivity contribution < 1.29 is 0 Å². The highest BCUT2D eigenvalue weighted by molar-refractivity contribution is 9.11. The largest absolute Gasteiger partial charge is 0.268 e. The van der Waals surface area contributed by atoms with Crippen LogP contribution in [0.1, 0.15) is 6.92 Å². The molecule has 0 N–H and O–H groups in total. The quantitative estimate of drug-likeness (QED) is 0.422. The summed E-state index contributed by atoms with van der Waals surface area (Å²) in [5.41, 5.74) is 0.929. The van der Waals surface area contributed by atoms with Gasteiger partial charge in [-0.25, -0.2) is 0 Å². The minimum absolute atomic E-state index is 0.743. The number of aliphatic imine (C=N–C) groups is 1. The molecule has 0 unspecified atom stereocenters. The summed E-state index contributed by atoms with van der Waals surface area (Å²) in [5.74, 6) is 0. The minimum Gasteiger partial charge on any atom is -0.268 e. The van der Waals surface area contributed by atoms with Crippen LogP contribution in [0.2, 0.25) is 0 Å². The molecule has 0 aliphatic rings. The van der Waals surface area contributed by atoms with Gasteiger partial charge in [0.2, 0.25) is 0 Å². The van der Waals surface area contributed by atoms with Crippen molar-refractivity contribution in [3.05, 3.63) is 22.3 Å². The third-order valence-corrected chi connectivity index (χ3v) is 1.68. The van der Waals surface area contributed by atoms with E-state index < -0.39 is 0 Å². The minimum atomic E-state index is 0.743. The third-order valence-electron chi connectivity index (χ3n) is 0.845. The van der Waals surface area contributed by atoms with Crippen LogP contribution in [0.25, 0.3) is 0 Å². The Balaban J connectivity index is 4.12. The lowest BCUT2D eigenvalue weighted by molar-refractivity contribution is 1.35. The maximum Gasteiger partial charge on any atom is 0.0502 e. The van der Waals surface area contributed by atoms with E-state index in [-0.39, 0.29) is 0 Å². The fourth-order valence-corrected chi connectivity index (χ4v) is 0.847. The molecule has 0 aromatic rings. The van der Waals surface area contributed by atoms with Gasteiger partial charge in [-0.15, -0.1) is 0 Å². The molecular weight excluding hydrogens is 258 g/mol. The van der Waals surface area contributed by atoms with E-state index in [1.54, 1.807) is 0 Å². The Morgan fingerprint density at radius 1 is 1.60 bits per heavy atom. The summed E-state index contributed by atoms with van der Waals surface area (Å²) in [7, 11) is 0. The molecule has 0 saturated heterocycles. The zero-order chi connectivity index (χ0) is 7.98. The number of allylic oxidation sites excluding steroid dienone is 4. The summed E-state index contributed by atoms with van der Waals surface area (Å²) in [5, 5.41) is 0.743. The van der Waals surface area contributed by atoms with E-state index in [0.29, 0.717) is 0 Å². The molecular formula is C7H9Br2N. The summed E-state index contributed by atoms with van der Waals surface area (Å²) in [6, 6.07) is 0. The number of halogens is 2. The Bertz CT molecular complexity index is 166. The van der Waals surface area contributed by atoms with Crippen LogP contribution in [0.15, 0.2) is 27.3 Å². The average Bonchev–Trinajstić information content (AvgIpc) is 1.90. The predicted molar refractivity (Wildman–Crippen MR) is 54.1 cm³/mol. The number of hydrogen-bond donors (Lipinski definition) is 0. The second-order valence-electron chi connectivity index (χ2n) is 1.70. The zero-order valence-corrected chi connectivity index (χ0v) is 8.94. The standard InChI is InChI=1S/C7H9Br2N/c1-6(9)3-4-7(5-8)10-2/h3-4H,2,5H2,1H3/b6-3+,7-4-. The Labute approximate surface area is 78.2 Å². The second-order valence-corrected chi connectivity index (χ2v) is 3.51. The van der Waals surface area contributed by atoms with Crippen molar-refractivity contribution in [2.75, 3.05) is 5.33 Å². The molecule has 0 aromatic heterocycles. The van der Waals surface area contributed by atoms with Crippen LogP contribution in [0.3, 0.4) is 0 Å². The first-order chi connectivity index (χ1) is 4.70. The summed E-state index contributed by atoms with van der Waals surface area (Å²) < 4.78 is 1.08. The Morgan fingerprint density at radius 2 is 2.20 bits per heavy atom. The maximum absolute atomic E-state index is 3.78. The van der Waals surface area contributed by atoms with Gasteiger partial charge >= 0.3 is 0 Å². The van der Waals surface area contributed by atoms with Crippen LogP contribution in [-0.2, 0) is 0 Å². The van der Waals surface area contributed by atoms with Gasteiger partial charge < -0.3 is 0 Å². The molecule has 0 spiro atoms. The highest BCUT2D eigenvalue weighted by Crippen LogP contribution is 2.05. The third kappa shape index (κ3) is 4.94. The number of rotatable bonds is 3. The van der Waals surface area contributed by atoms with E-state index >= 15 is 0 Å². The number of alkyl halides is 1. The molecule has 0 aliphatic carbocycles. The molecule has 10 heavy (non-hydrogen) atoms. The molecule has 0 rings (SSSR count). The molecule has 0 saturated carbocycles. The smallest absolute Gasteiger partial charge is 0.0502 e. The van der Waals surface area contributed by atoms with Crippen molar-refractivity contribution in [1.29, 1.82) is 0 Å². The highest BCUT2D eigenvalue weighted by Gasteiger charge is 1.85. The van der Waals surface area contributed by atoms with Gasteiger partial charge in [-0.2, -0.15) is 0 Å². The van der Waals surface area contributed by atoms with Gasteiger partial charge in [0.15, 0.2) is 0 Å². The van der Waals surface area contributed by atoms with Gasteiger partial charge in [-0.05, 0) is 24.2 Å². The van der Waals surface area contributed by atoms with E-state index in [1.165, 1.54) is 0 Å². The molecule has 0 bridgehead atoms. The molecule has 0 aliphatic heterocycles. The fourth-order valence-electron chi connectivity index (χ4n) is 0.351. The van der Waals surface area contributed by atoms with Crippen molar-refractivity contribution >= 4 is 38.6 Å². The van der Waals surface area contributed by atoms with Gasteiger partial charge in [0.25, 0.3) is 0 Å². The molecule has 56 valence electrons. The summed E-state index contributed by atoms with van der Waals surface area (Å²) in [6.07, 6.45) is 3.84. The SMILES string of the molecule is C=N/C(=C\C=C(/C)Br)CBr. The van der Waals surface area contributed by atoms with Crippen molar-refractivity contribution in [3.63, 3.8) is 0 Å². The topological polar surface area (TPSA) is 12.4 Å². The lowest BCUT2D eigenvalue weighted by atomic mass is 10.4. The molecule has 0 amide bonds. The average molecular weight is 267 g/mol. The zero-order valence-electron chi connectivity index (χ0n) is 5.77. The van der Waals surface area contributed by atoms with Crippen LogP contribution in [-0.4, -0.2) is 12.0 Å². The lowest BCUT2D eigenvalue weighted by Crippen LogP contribution is -1.75. The molecule has 0 radical (unpaired) electrons. The highest BCUT2D eigenvalue weighted by atomic mass is 79.9. The monoisotopic (exact) mass is 265 g/mol. The second kappa shape index (κ2) is 5.86. The number of hydrogen-bond acceptors (Lipinski definition) is 1. The van der Waals surface area contributed by atoms with Crippen molar-refractivity contribution in [2.24, 2.45) is 4.99 Å². The Hall–Kier alpha value is 0.110. The maximum atomic E-state index is 3.78. The Kier molecular flexibility index (Phi) is 5.93. The van der Waals surface area contributed by atoms with Crippen LogP contribution in [0.4, 0.5) is 0 Å². The van der Waals surface area contributed by atoms with Crippen molar-refractivity contribution in [1.82, 2.24) is 0 Å². The van der Waals surface area contributed by atoms with Gasteiger partial charge in [0.1, 0.15) is 0 Å². The Morgan fingerprint density at radius 3 is 2.50 bits per heavy atom. The van der Waals surface area contributed by atoms with Crippen LogP contribution >= 0.6 is 31.9 Å². The first-order valence-corrected chi connectivity index (χ1v) is 4.67. The summed E-state index contributed by atoms with van der Waals surface area (Å²) in [6.45, 7) is 5.38. The molecule has 0 atom stereocenters. The van der Waals surface area contributed by atoms with Crippen LogP contribution in [0.5, 0.6) is 0 Å².